The second-order valence-electron chi connectivity index (χ2n) is 9.53. The fourth-order valence-corrected chi connectivity index (χ4v) is 4.81. The van der Waals surface area contributed by atoms with Crippen LogP contribution in [-0.2, 0) is 13.1 Å². The number of aromatic hydroxyl groups is 1. The Labute approximate surface area is 208 Å². The molecular formula is C28H38FN5O. The van der Waals surface area contributed by atoms with E-state index < -0.39 is 0 Å². The zero-order valence-corrected chi connectivity index (χ0v) is 21.4. The Morgan fingerprint density at radius 1 is 1.03 bits per heavy atom. The van der Waals surface area contributed by atoms with E-state index >= 15 is 0 Å². The molecule has 7 heteroatoms. The molecule has 1 aliphatic heterocycles. The highest BCUT2D eigenvalue weighted by Crippen LogP contribution is 2.31. The highest BCUT2D eigenvalue weighted by Gasteiger charge is 2.27. The van der Waals surface area contributed by atoms with Crippen molar-refractivity contribution < 1.29 is 9.50 Å². The van der Waals surface area contributed by atoms with Gasteiger partial charge in [0.25, 0.3) is 0 Å². The van der Waals surface area contributed by atoms with Gasteiger partial charge >= 0.3 is 0 Å². The van der Waals surface area contributed by atoms with Crippen LogP contribution in [0.1, 0.15) is 44.0 Å². The van der Waals surface area contributed by atoms with Crippen LogP contribution in [0.5, 0.6) is 5.75 Å². The van der Waals surface area contributed by atoms with Crippen LogP contribution in [0.3, 0.4) is 0 Å². The lowest BCUT2D eigenvalue weighted by Gasteiger charge is -2.37. The van der Waals surface area contributed by atoms with Gasteiger partial charge in [0.05, 0.1) is 11.4 Å². The maximum absolute atomic E-state index is 13.7. The van der Waals surface area contributed by atoms with E-state index in [1.54, 1.807) is 18.2 Å². The fourth-order valence-electron chi connectivity index (χ4n) is 4.81. The van der Waals surface area contributed by atoms with Crippen LogP contribution in [0.2, 0.25) is 0 Å². The number of halogens is 1. The molecule has 35 heavy (non-hydrogen) atoms. The molecule has 0 saturated carbocycles. The van der Waals surface area contributed by atoms with Gasteiger partial charge in [-0.15, -0.1) is 0 Å². The maximum atomic E-state index is 13.7. The summed E-state index contributed by atoms with van der Waals surface area (Å²) in [5.41, 5.74) is 4.16. The maximum Gasteiger partial charge on any atom is 0.137 e. The second-order valence-corrected chi connectivity index (χ2v) is 9.53. The van der Waals surface area contributed by atoms with Gasteiger partial charge in [-0.1, -0.05) is 26.0 Å². The fraction of sp³-hybridized carbons (Fsp3) is 0.464. The van der Waals surface area contributed by atoms with Crippen LogP contribution in [0.15, 0.2) is 48.5 Å². The van der Waals surface area contributed by atoms with Gasteiger partial charge in [0, 0.05) is 50.9 Å². The Kier molecular flexibility index (Phi) is 8.08. The number of likely N-dealkylation sites (N-methyl/N-ethyl adjacent to an activating group) is 1. The normalized spacial score (nSPS) is 15.7. The van der Waals surface area contributed by atoms with Crippen molar-refractivity contribution in [1.82, 2.24) is 19.6 Å². The van der Waals surface area contributed by atoms with Gasteiger partial charge in [-0.3, -0.25) is 4.90 Å². The minimum absolute atomic E-state index is 0.245. The molecule has 0 amide bonds. The SMILES string of the molecule is CCC(C)N(Cc1cccc(O)c1)Cc1c(C)nn(-c2ccc(F)cc2)c1N1CCN(CC)CC1. The number of benzene rings is 2. The van der Waals surface area contributed by atoms with Crippen molar-refractivity contribution >= 4 is 5.82 Å². The van der Waals surface area contributed by atoms with Gasteiger partial charge < -0.3 is 14.9 Å². The summed E-state index contributed by atoms with van der Waals surface area (Å²) in [5.74, 6) is 1.15. The van der Waals surface area contributed by atoms with E-state index in [2.05, 4.69) is 48.5 Å². The van der Waals surface area contributed by atoms with E-state index in [4.69, 9.17) is 5.10 Å². The van der Waals surface area contributed by atoms with E-state index in [1.807, 2.05) is 16.8 Å². The molecule has 188 valence electrons. The lowest BCUT2D eigenvalue weighted by molar-refractivity contribution is 0.185. The van der Waals surface area contributed by atoms with E-state index in [9.17, 15) is 9.50 Å². The number of aromatic nitrogens is 2. The number of rotatable bonds is 9. The van der Waals surface area contributed by atoms with Gasteiger partial charge in [-0.2, -0.15) is 5.10 Å². The molecule has 1 N–H and O–H groups in total. The van der Waals surface area contributed by atoms with Gasteiger partial charge in [-0.25, -0.2) is 9.07 Å². The first-order chi connectivity index (χ1) is 16.9. The van der Waals surface area contributed by atoms with E-state index in [1.165, 1.54) is 17.7 Å². The lowest BCUT2D eigenvalue weighted by Crippen LogP contribution is -2.47. The van der Waals surface area contributed by atoms with E-state index in [0.717, 1.165) is 75.0 Å². The summed E-state index contributed by atoms with van der Waals surface area (Å²) >= 11 is 0. The standard InChI is InChI=1S/C28H38FN5O/c1-5-21(3)33(19-23-8-7-9-26(35)18-23)20-27-22(4)30-34(25-12-10-24(29)11-13-25)28(27)32-16-14-31(6-2)15-17-32/h7-13,18,21,35H,5-6,14-17,19-20H2,1-4H3. The summed E-state index contributed by atoms with van der Waals surface area (Å²) in [6.07, 6.45) is 1.02. The molecule has 0 spiro atoms. The molecule has 1 aromatic heterocycles. The average Bonchev–Trinajstić information content (AvgIpc) is 3.19. The third-order valence-corrected chi connectivity index (χ3v) is 7.22. The number of anilines is 1. The second kappa shape index (κ2) is 11.2. The number of nitrogens with zero attached hydrogens (tertiary/aromatic N) is 5. The molecule has 1 aliphatic rings. The molecule has 0 bridgehead atoms. The Morgan fingerprint density at radius 2 is 1.74 bits per heavy atom. The van der Waals surface area contributed by atoms with E-state index in [0.29, 0.717) is 11.8 Å². The predicted molar refractivity (Wildman–Crippen MR) is 140 cm³/mol. The molecule has 0 aliphatic carbocycles. The van der Waals surface area contributed by atoms with Crippen LogP contribution >= 0.6 is 0 Å². The van der Waals surface area contributed by atoms with Crippen molar-refractivity contribution in [3.05, 3.63) is 71.2 Å². The lowest BCUT2D eigenvalue weighted by atomic mass is 10.1. The quantitative estimate of drug-likeness (QED) is 0.470. The molecule has 1 saturated heterocycles. The number of phenols is 1. The average molecular weight is 480 g/mol. The van der Waals surface area contributed by atoms with Crippen molar-refractivity contribution in [2.45, 2.75) is 53.2 Å². The monoisotopic (exact) mass is 479 g/mol. The van der Waals surface area contributed by atoms with Crippen molar-refractivity contribution in [1.29, 1.82) is 0 Å². The highest BCUT2D eigenvalue weighted by molar-refractivity contribution is 5.56. The zero-order valence-electron chi connectivity index (χ0n) is 21.4. The number of hydrogen-bond donors (Lipinski definition) is 1. The van der Waals surface area contributed by atoms with Crippen LogP contribution < -0.4 is 4.90 Å². The molecule has 1 fully saturated rings. The van der Waals surface area contributed by atoms with Gasteiger partial charge in [-0.05, 0) is 68.8 Å². The number of aryl methyl sites for hydroxylation is 1. The minimum Gasteiger partial charge on any atom is -0.508 e. The summed E-state index contributed by atoms with van der Waals surface area (Å²) in [5, 5.41) is 14.9. The third-order valence-electron chi connectivity index (χ3n) is 7.22. The molecule has 1 unspecified atom stereocenters. The van der Waals surface area contributed by atoms with Crippen molar-refractivity contribution in [2.75, 3.05) is 37.6 Å². The molecule has 4 rings (SSSR count). The van der Waals surface area contributed by atoms with Crippen LogP contribution in [0, 0.1) is 12.7 Å². The molecule has 2 aromatic carbocycles. The van der Waals surface area contributed by atoms with Gasteiger partial charge in [0.1, 0.15) is 17.4 Å². The Morgan fingerprint density at radius 3 is 2.37 bits per heavy atom. The van der Waals surface area contributed by atoms with Crippen LogP contribution in [0.25, 0.3) is 5.69 Å². The summed E-state index contributed by atoms with van der Waals surface area (Å²) in [6, 6.07) is 14.5. The summed E-state index contributed by atoms with van der Waals surface area (Å²) in [6.45, 7) is 15.2. The minimum atomic E-state index is -0.245. The number of phenolic OH excluding ortho intramolecular Hbond substituents is 1. The summed E-state index contributed by atoms with van der Waals surface area (Å²) in [4.78, 5) is 7.36. The number of piperazine rings is 1. The first-order valence-electron chi connectivity index (χ1n) is 12.7. The topological polar surface area (TPSA) is 47.8 Å². The number of hydrogen-bond acceptors (Lipinski definition) is 5. The largest absolute Gasteiger partial charge is 0.508 e. The van der Waals surface area contributed by atoms with Gasteiger partial charge in [0.15, 0.2) is 0 Å². The van der Waals surface area contributed by atoms with Crippen molar-refractivity contribution in [2.24, 2.45) is 0 Å². The molecule has 3 aromatic rings. The summed E-state index contributed by atoms with van der Waals surface area (Å²) in [7, 11) is 0. The molecule has 1 atom stereocenters. The molecule has 2 heterocycles. The van der Waals surface area contributed by atoms with Gasteiger partial charge in [0.2, 0.25) is 0 Å². The first kappa shape index (κ1) is 25.2. The Balaban J connectivity index is 1.72. The van der Waals surface area contributed by atoms with Crippen molar-refractivity contribution in [3.8, 4) is 11.4 Å². The van der Waals surface area contributed by atoms with Crippen LogP contribution in [0.4, 0.5) is 10.2 Å². The molecular weight excluding hydrogens is 441 g/mol. The molecule has 0 radical (unpaired) electrons. The van der Waals surface area contributed by atoms with E-state index in [-0.39, 0.29) is 5.82 Å². The smallest absolute Gasteiger partial charge is 0.137 e. The van der Waals surface area contributed by atoms with Crippen LogP contribution in [-0.4, -0.2) is 63.5 Å². The zero-order chi connectivity index (χ0) is 24.9. The Hall–Kier alpha value is -2.90. The molecule has 6 nitrogen and oxygen atoms in total. The Bertz CT molecular complexity index is 1110. The highest BCUT2D eigenvalue weighted by atomic mass is 19.1. The predicted octanol–water partition coefficient (Wildman–Crippen LogP) is 4.97. The third kappa shape index (κ3) is 5.85. The van der Waals surface area contributed by atoms with Crippen molar-refractivity contribution in [3.63, 3.8) is 0 Å². The summed E-state index contributed by atoms with van der Waals surface area (Å²) < 4.78 is 15.7. The first-order valence-corrected chi connectivity index (χ1v) is 12.7.